The molecular weight excluding hydrogens is 517 g/mol. The summed E-state index contributed by atoms with van der Waals surface area (Å²) in [4.78, 5) is 15.4. The predicted octanol–water partition coefficient (Wildman–Crippen LogP) is 4.34. The molecule has 37 heavy (non-hydrogen) atoms. The fourth-order valence-corrected chi connectivity index (χ4v) is 7.24. The first kappa shape index (κ1) is 27.5. The lowest BCUT2D eigenvalue weighted by Gasteiger charge is -2.39. The normalized spacial score (nSPS) is 24.2. The van der Waals surface area contributed by atoms with Gasteiger partial charge < -0.3 is 4.90 Å². The molecule has 1 saturated carbocycles. The number of nitrogens with zero attached hydrogens (tertiary/aromatic N) is 1. The first-order chi connectivity index (χ1) is 16.9. The second-order valence-corrected chi connectivity index (χ2v) is 15.0. The zero-order valence-corrected chi connectivity index (χ0v) is 23.4. The van der Waals surface area contributed by atoms with Crippen molar-refractivity contribution in [2.45, 2.75) is 74.9 Å². The van der Waals surface area contributed by atoms with Crippen LogP contribution in [0.5, 0.6) is 0 Å². The molecular formula is C26H34FN3O5S2. The Morgan fingerprint density at radius 1 is 1.00 bits per heavy atom. The molecule has 0 bridgehead atoms. The Morgan fingerprint density at radius 3 is 2.24 bits per heavy atom. The van der Waals surface area contributed by atoms with Crippen molar-refractivity contribution in [3.05, 3.63) is 53.6 Å². The number of benzene rings is 2. The Balaban J connectivity index is 1.73. The maximum atomic E-state index is 14.7. The van der Waals surface area contributed by atoms with Gasteiger partial charge in [-0.1, -0.05) is 6.07 Å². The third-order valence-corrected chi connectivity index (χ3v) is 9.31. The van der Waals surface area contributed by atoms with E-state index >= 15 is 0 Å². The minimum atomic E-state index is -3.85. The van der Waals surface area contributed by atoms with Crippen LogP contribution in [0.1, 0.15) is 69.3 Å². The van der Waals surface area contributed by atoms with Crippen LogP contribution in [0, 0.1) is 0 Å². The van der Waals surface area contributed by atoms with Gasteiger partial charge in [-0.25, -0.2) is 25.9 Å². The highest BCUT2D eigenvalue weighted by Gasteiger charge is 2.49. The van der Waals surface area contributed by atoms with Gasteiger partial charge in [0.1, 0.15) is 5.67 Å². The molecule has 0 aromatic heterocycles. The Bertz CT molecular complexity index is 1440. The van der Waals surface area contributed by atoms with E-state index in [2.05, 4.69) is 9.44 Å². The number of hydrogen-bond acceptors (Lipinski definition) is 5. The van der Waals surface area contributed by atoms with Gasteiger partial charge in [0.25, 0.3) is 5.91 Å². The third-order valence-electron chi connectivity index (χ3n) is 6.95. The van der Waals surface area contributed by atoms with Crippen molar-refractivity contribution in [2.75, 3.05) is 22.4 Å². The van der Waals surface area contributed by atoms with Crippen molar-refractivity contribution in [3.8, 4) is 0 Å². The Morgan fingerprint density at radius 2 is 1.65 bits per heavy atom. The number of sulfonamides is 2. The molecule has 0 saturated heterocycles. The van der Waals surface area contributed by atoms with Gasteiger partial charge >= 0.3 is 0 Å². The van der Waals surface area contributed by atoms with Gasteiger partial charge in [-0.15, -0.1) is 0 Å². The van der Waals surface area contributed by atoms with Crippen molar-refractivity contribution in [1.29, 1.82) is 0 Å². The van der Waals surface area contributed by atoms with Crippen LogP contribution in [0.2, 0.25) is 0 Å². The highest BCUT2D eigenvalue weighted by Crippen LogP contribution is 2.52. The molecule has 8 nitrogen and oxygen atoms in total. The van der Waals surface area contributed by atoms with Gasteiger partial charge in [-0.3, -0.25) is 9.52 Å². The maximum absolute atomic E-state index is 14.7. The van der Waals surface area contributed by atoms with Crippen LogP contribution in [-0.2, 0) is 25.5 Å². The number of carbonyl (C=O) groups is 1. The zero-order chi connectivity index (χ0) is 27.4. The first-order valence-corrected chi connectivity index (χ1v) is 15.5. The molecule has 1 amide bonds. The van der Waals surface area contributed by atoms with Gasteiger partial charge in [0.2, 0.25) is 20.0 Å². The molecule has 1 aliphatic carbocycles. The predicted molar refractivity (Wildman–Crippen MR) is 143 cm³/mol. The molecule has 1 heterocycles. The Labute approximate surface area is 218 Å². The van der Waals surface area contributed by atoms with Crippen LogP contribution in [0.4, 0.5) is 15.8 Å². The molecule has 1 fully saturated rings. The van der Waals surface area contributed by atoms with E-state index in [0.29, 0.717) is 43.6 Å². The van der Waals surface area contributed by atoms with E-state index in [9.17, 15) is 26.0 Å². The monoisotopic (exact) mass is 551 g/mol. The lowest BCUT2D eigenvalue weighted by Crippen LogP contribution is -2.42. The van der Waals surface area contributed by atoms with E-state index in [0.717, 1.165) is 11.8 Å². The lowest BCUT2D eigenvalue weighted by atomic mass is 9.67. The van der Waals surface area contributed by atoms with Crippen molar-refractivity contribution in [1.82, 2.24) is 4.72 Å². The van der Waals surface area contributed by atoms with Gasteiger partial charge in [0.05, 0.1) is 11.2 Å². The molecule has 2 aromatic carbocycles. The minimum Gasteiger partial charge on any atom is -0.307 e. The SMILES string of the molecule is CC1(F)CCC2(CC1)CN(C(=O)c1cccc(S(=O)(=O)NC(C)(C)C)c1)c1ccc(NS(C)(=O)=O)cc12. The lowest BCUT2D eigenvalue weighted by molar-refractivity contribution is 0.0887. The first-order valence-electron chi connectivity index (χ1n) is 12.2. The van der Waals surface area contributed by atoms with Crippen molar-refractivity contribution < 1.29 is 26.0 Å². The number of nitrogens with one attached hydrogen (secondary N) is 2. The fourth-order valence-electron chi connectivity index (χ4n) is 5.22. The van der Waals surface area contributed by atoms with Crippen LogP contribution in [-0.4, -0.2) is 46.8 Å². The maximum Gasteiger partial charge on any atom is 0.258 e. The molecule has 4 rings (SSSR count). The van der Waals surface area contributed by atoms with Crippen molar-refractivity contribution >= 4 is 37.3 Å². The summed E-state index contributed by atoms with van der Waals surface area (Å²) in [5.41, 5.74) is -0.509. The Kier molecular flexibility index (Phi) is 6.74. The molecule has 202 valence electrons. The van der Waals surface area contributed by atoms with E-state index in [1.165, 1.54) is 18.2 Å². The summed E-state index contributed by atoms with van der Waals surface area (Å²) < 4.78 is 69.2. The number of carbonyl (C=O) groups excluding carboxylic acids is 1. The van der Waals surface area contributed by atoms with Gasteiger partial charge in [0, 0.05) is 34.4 Å². The summed E-state index contributed by atoms with van der Waals surface area (Å²) in [6.45, 7) is 7.09. The molecule has 1 aliphatic heterocycles. The fraction of sp³-hybridized carbons (Fsp3) is 0.500. The summed E-state index contributed by atoms with van der Waals surface area (Å²) >= 11 is 0. The van der Waals surface area contributed by atoms with Crippen LogP contribution >= 0.6 is 0 Å². The number of hydrogen-bond donors (Lipinski definition) is 2. The minimum absolute atomic E-state index is 0.0130. The van der Waals surface area contributed by atoms with Crippen LogP contribution < -0.4 is 14.3 Å². The molecule has 0 atom stereocenters. The smallest absolute Gasteiger partial charge is 0.258 e. The number of alkyl halides is 1. The standard InChI is InChI=1S/C26H34FN3O5S2/c1-24(2,3)29-37(34,35)20-8-6-7-18(15-20)23(31)30-17-26(13-11-25(4,27)12-14-26)21-16-19(9-10-22(21)30)28-36(5,32)33/h6-10,15-16,28-29H,11-14,17H2,1-5H3. The highest BCUT2D eigenvalue weighted by atomic mass is 32.2. The van der Waals surface area contributed by atoms with E-state index in [4.69, 9.17) is 0 Å². The van der Waals surface area contributed by atoms with E-state index in [1.54, 1.807) is 56.9 Å². The molecule has 2 aromatic rings. The molecule has 0 radical (unpaired) electrons. The summed E-state index contributed by atoms with van der Waals surface area (Å²) in [5.74, 6) is -0.372. The number of rotatable bonds is 5. The molecule has 0 unspecified atom stereocenters. The van der Waals surface area contributed by atoms with Crippen molar-refractivity contribution in [2.24, 2.45) is 0 Å². The summed E-state index contributed by atoms with van der Waals surface area (Å²) in [6.07, 6.45) is 2.72. The summed E-state index contributed by atoms with van der Waals surface area (Å²) in [6, 6.07) is 10.9. The van der Waals surface area contributed by atoms with E-state index in [-0.39, 0.29) is 16.4 Å². The molecule has 2 aliphatic rings. The number of fused-ring (bicyclic) bond motifs is 2. The largest absolute Gasteiger partial charge is 0.307 e. The van der Waals surface area contributed by atoms with E-state index in [1.807, 2.05) is 0 Å². The Hall–Kier alpha value is -2.50. The number of halogens is 1. The van der Waals surface area contributed by atoms with Gasteiger partial charge in [-0.2, -0.15) is 0 Å². The average Bonchev–Trinajstić information content (AvgIpc) is 3.07. The second kappa shape index (κ2) is 9.06. The molecule has 1 spiro atoms. The number of amides is 1. The summed E-state index contributed by atoms with van der Waals surface area (Å²) in [7, 11) is -7.36. The van der Waals surface area contributed by atoms with Crippen LogP contribution in [0.3, 0.4) is 0 Å². The molecule has 11 heteroatoms. The van der Waals surface area contributed by atoms with Gasteiger partial charge in [0.15, 0.2) is 0 Å². The quantitative estimate of drug-likeness (QED) is 0.574. The molecule has 2 N–H and O–H groups in total. The van der Waals surface area contributed by atoms with Gasteiger partial charge in [-0.05, 0) is 95.3 Å². The topological polar surface area (TPSA) is 113 Å². The summed E-state index contributed by atoms with van der Waals surface area (Å²) in [5, 5.41) is 0. The average molecular weight is 552 g/mol. The van der Waals surface area contributed by atoms with Crippen LogP contribution in [0.15, 0.2) is 47.4 Å². The third kappa shape index (κ3) is 5.99. The second-order valence-electron chi connectivity index (χ2n) is 11.6. The van der Waals surface area contributed by atoms with Crippen molar-refractivity contribution in [3.63, 3.8) is 0 Å². The van der Waals surface area contributed by atoms with Crippen LogP contribution in [0.25, 0.3) is 0 Å². The zero-order valence-electron chi connectivity index (χ0n) is 21.8. The highest BCUT2D eigenvalue weighted by molar-refractivity contribution is 7.92. The number of anilines is 2. The van der Waals surface area contributed by atoms with E-state index < -0.39 is 36.7 Å².